The first-order valence-corrected chi connectivity index (χ1v) is 9.25. The van der Waals surface area contributed by atoms with Gasteiger partial charge in [0.05, 0.1) is 6.04 Å². The highest BCUT2D eigenvalue weighted by molar-refractivity contribution is 5.80. The summed E-state index contributed by atoms with van der Waals surface area (Å²) >= 11 is 0. The summed E-state index contributed by atoms with van der Waals surface area (Å²) in [4.78, 5) is 43.1. The molecule has 6 fully saturated rings. The second-order valence-electron chi connectivity index (χ2n) is 8.64. The molecule has 3 heterocycles. The van der Waals surface area contributed by atoms with E-state index in [4.69, 9.17) is 0 Å². The zero-order valence-corrected chi connectivity index (χ0v) is 14.3. The van der Waals surface area contributed by atoms with Gasteiger partial charge in [0.15, 0.2) is 0 Å². The van der Waals surface area contributed by atoms with Crippen LogP contribution in [-0.4, -0.2) is 93.6 Å². The molecule has 136 valence electrons. The lowest BCUT2D eigenvalue weighted by molar-refractivity contribution is -0.208. The topological polar surface area (TPSA) is 84.4 Å². The van der Waals surface area contributed by atoms with Crippen molar-refractivity contribution in [3.05, 3.63) is 0 Å². The van der Waals surface area contributed by atoms with Gasteiger partial charge in [0, 0.05) is 51.2 Å². The first-order valence-electron chi connectivity index (χ1n) is 9.25. The number of amides is 4. The van der Waals surface area contributed by atoms with Crippen molar-refractivity contribution in [1.29, 1.82) is 0 Å². The van der Waals surface area contributed by atoms with E-state index in [0.29, 0.717) is 32.6 Å². The molecule has 6 rings (SSSR count). The molecule has 4 amide bonds. The van der Waals surface area contributed by atoms with Crippen LogP contribution < -0.4 is 0 Å². The van der Waals surface area contributed by atoms with Crippen molar-refractivity contribution in [3.8, 4) is 0 Å². The second kappa shape index (κ2) is 4.80. The Morgan fingerprint density at radius 1 is 1.12 bits per heavy atom. The average molecular weight is 348 g/mol. The van der Waals surface area contributed by atoms with Crippen LogP contribution in [0, 0.1) is 5.41 Å². The quantitative estimate of drug-likeness (QED) is 0.811. The minimum Gasteiger partial charge on any atom is -0.465 e. The third-order valence-corrected chi connectivity index (χ3v) is 7.01. The number of rotatable bonds is 3. The first kappa shape index (κ1) is 15.3. The van der Waals surface area contributed by atoms with Gasteiger partial charge in [0.25, 0.3) is 0 Å². The van der Waals surface area contributed by atoms with Crippen LogP contribution in [0.1, 0.15) is 32.1 Å². The lowest BCUT2D eigenvalue weighted by atomic mass is 9.38. The fraction of sp³-hybridized carbons (Fsp3) is 0.824. The molecule has 8 heteroatoms. The standard InChI is InChI=1S/C17H24N4O4/c22-13-2-1-3-19(13)11-16-8-17(9-16,10-16)21-7-12-6-18(15(24)25)4-5-20(12)14(21)23/h12H,1-11H2,(H,24,25)/t12-,16?,17?/m0/s1. The monoisotopic (exact) mass is 348 g/mol. The minimum absolute atomic E-state index is 0.0116. The van der Waals surface area contributed by atoms with Gasteiger partial charge in [-0.05, 0) is 31.1 Å². The van der Waals surface area contributed by atoms with Crippen molar-refractivity contribution in [2.24, 2.45) is 5.41 Å². The number of carbonyl (C=O) groups excluding carboxylic acids is 2. The molecular formula is C17H24N4O4. The average Bonchev–Trinajstić information content (AvgIpc) is 3.05. The molecule has 1 N–H and O–H groups in total. The van der Waals surface area contributed by atoms with Gasteiger partial charge in [-0.25, -0.2) is 9.59 Å². The molecule has 1 atom stereocenters. The van der Waals surface area contributed by atoms with E-state index in [0.717, 1.165) is 38.8 Å². The number of hydrogen-bond acceptors (Lipinski definition) is 3. The molecule has 3 aliphatic carbocycles. The van der Waals surface area contributed by atoms with Crippen molar-refractivity contribution in [1.82, 2.24) is 19.6 Å². The number of urea groups is 1. The predicted octanol–water partition coefficient (Wildman–Crippen LogP) is 0.631. The second-order valence-corrected chi connectivity index (χ2v) is 8.64. The lowest BCUT2D eigenvalue weighted by Crippen LogP contribution is -2.77. The Balaban J connectivity index is 1.23. The summed E-state index contributed by atoms with van der Waals surface area (Å²) in [6.45, 7) is 3.70. The maximum absolute atomic E-state index is 12.8. The summed E-state index contributed by atoms with van der Waals surface area (Å²) in [7, 11) is 0. The Hall–Kier alpha value is -1.99. The van der Waals surface area contributed by atoms with Crippen LogP contribution in [0.3, 0.4) is 0 Å². The molecule has 0 radical (unpaired) electrons. The van der Waals surface area contributed by atoms with Gasteiger partial charge in [-0.3, -0.25) is 4.79 Å². The van der Waals surface area contributed by atoms with Crippen molar-refractivity contribution < 1.29 is 19.5 Å². The van der Waals surface area contributed by atoms with Gasteiger partial charge in [0.1, 0.15) is 0 Å². The maximum atomic E-state index is 12.8. The van der Waals surface area contributed by atoms with E-state index < -0.39 is 6.09 Å². The summed E-state index contributed by atoms with van der Waals surface area (Å²) in [6, 6.07) is 0.0723. The van der Waals surface area contributed by atoms with Crippen LogP contribution >= 0.6 is 0 Å². The van der Waals surface area contributed by atoms with Crippen molar-refractivity contribution in [3.63, 3.8) is 0 Å². The highest BCUT2D eigenvalue weighted by Crippen LogP contribution is 2.70. The smallest absolute Gasteiger partial charge is 0.407 e. The van der Waals surface area contributed by atoms with E-state index in [1.807, 2.05) is 14.7 Å². The molecule has 0 spiro atoms. The zero-order valence-electron chi connectivity index (χ0n) is 14.3. The van der Waals surface area contributed by atoms with Gasteiger partial charge >= 0.3 is 12.1 Å². The highest BCUT2D eigenvalue weighted by atomic mass is 16.4. The van der Waals surface area contributed by atoms with Gasteiger partial charge < -0.3 is 24.7 Å². The van der Waals surface area contributed by atoms with Gasteiger partial charge in [-0.2, -0.15) is 0 Å². The van der Waals surface area contributed by atoms with Gasteiger partial charge in [-0.15, -0.1) is 0 Å². The largest absolute Gasteiger partial charge is 0.465 e. The molecular weight excluding hydrogens is 324 g/mol. The molecule has 3 saturated heterocycles. The number of nitrogens with zero attached hydrogens (tertiary/aromatic N) is 4. The number of piperazine rings is 1. The van der Waals surface area contributed by atoms with Crippen LogP contribution in [-0.2, 0) is 4.79 Å². The van der Waals surface area contributed by atoms with Crippen molar-refractivity contribution >= 4 is 18.0 Å². The normalized spacial score (nSPS) is 39.4. The number of likely N-dealkylation sites (tertiary alicyclic amines) is 1. The third-order valence-electron chi connectivity index (χ3n) is 7.01. The Labute approximate surface area is 146 Å². The van der Waals surface area contributed by atoms with Crippen LogP contribution in [0.5, 0.6) is 0 Å². The van der Waals surface area contributed by atoms with E-state index in [9.17, 15) is 19.5 Å². The summed E-state index contributed by atoms with van der Waals surface area (Å²) in [6.07, 6.45) is 3.76. The van der Waals surface area contributed by atoms with E-state index >= 15 is 0 Å². The fourth-order valence-electron chi connectivity index (χ4n) is 5.95. The number of hydrogen-bond donors (Lipinski definition) is 1. The van der Waals surface area contributed by atoms with E-state index in [1.54, 1.807) is 0 Å². The summed E-state index contributed by atoms with van der Waals surface area (Å²) in [5.74, 6) is 0.280. The Morgan fingerprint density at radius 2 is 1.88 bits per heavy atom. The van der Waals surface area contributed by atoms with Crippen LogP contribution in [0.4, 0.5) is 9.59 Å². The van der Waals surface area contributed by atoms with Gasteiger partial charge in [-0.1, -0.05) is 0 Å². The predicted molar refractivity (Wildman–Crippen MR) is 87.0 cm³/mol. The Kier molecular flexibility index (Phi) is 2.93. The van der Waals surface area contributed by atoms with Crippen molar-refractivity contribution in [2.75, 3.05) is 39.3 Å². The van der Waals surface area contributed by atoms with Crippen LogP contribution in [0.2, 0.25) is 0 Å². The fourth-order valence-corrected chi connectivity index (χ4v) is 5.95. The Bertz CT molecular complexity index is 645. The Morgan fingerprint density at radius 3 is 2.52 bits per heavy atom. The number of carboxylic acid groups (broad SMARTS) is 1. The molecule has 0 aromatic heterocycles. The van der Waals surface area contributed by atoms with Crippen LogP contribution in [0.15, 0.2) is 0 Å². The molecule has 0 aromatic carbocycles. The van der Waals surface area contributed by atoms with Crippen molar-refractivity contribution in [2.45, 2.75) is 43.7 Å². The number of fused-ring (bicyclic) bond motifs is 1. The summed E-state index contributed by atoms with van der Waals surface area (Å²) < 4.78 is 0. The van der Waals surface area contributed by atoms with E-state index in [1.165, 1.54) is 4.90 Å². The zero-order chi connectivity index (χ0) is 17.4. The summed E-state index contributed by atoms with van der Waals surface area (Å²) in [5, 5.41) is 9.18. The van der Waals surface area contributed by atoms with Crippen LogP contribution in [0.25, 0.3) is 0 Å². The van der Waals surface area contributed by atoms with E-state index in [-0.39, 0.29) is 28.9 Å². The highest BCUT2D eigenvalue weighted by Gasteiger charge is 2.72. The molecule has 8 nitrogen and oxygen atoms in total. The molecule has 25 heavy (non-hydrogen) atoms. The molecule has 3 saturated carbocycles. The molecule has 0 aromatic rings. The molecule has 3 aliphatic heterocycles. The lowest BCUT2D eigenvalue weighted by Gasteiger charge is -2.73. The number of carbonyl (C=O) groups is 3. The maximum Gasteiger partial charge on any atom is 0.407 e. The molecule has 0 unspecified atom stereocenters. The third kappa shape index (κ3) is 2.02. The SMILES string of the molecule is O=C(O)N1CCN2C(=O)N(C34CC(CN5CCCC5=O)(C3)C4)C[C@@H]2C1. The van der Waals surface area contributed by atoms with Gasteiger partial charge in [0.2, 0.25) is 5.91 Å². The molecule has 2 bridgehead atoms. The first-order chi connectivity index (χ1) is 11.9. The summed E-state index contributed by atoms with van der Waals surface area (Å²) in [5.41, 5.74) is 0.210. The van der Waals surface area contributed by atoms with E-state index in [2.05, 4.69) is 0 Å². The molecule has 6 aliphatic rings. The minimum atomic E-state index is -0.898.